The summed E-state index contributed by atoms with van der Waals surface area (Å²) < 4.78 is 0. The molecule has 0 saturated heterocycles. The van der Waals surface area contributed by atoms with E-state index >= 15 is 0 Å². The molecule has 0 aromatic heterocycles. The zero-order valence-electron chi connectivity index (χ0n) is 10.6. The van der Waals surface area contributed by atoms with Gasteiger partial charge in [-0.2, -0.15) is 0 Å². The predicted octanol–water partition coefficient (Wildman–Crippen LogP) is 5.37. The van der Waals surface area contributed by atoms with Crippen LogP contribution in [0.1, 0.15) is 78.1 Å². The average Bonchev–Trinajstić information content (AvgIpc) is 2.27. The van der Waals surface area contributed by atoms with E-state index < -0.39 is 0 Å². The minimum atomic E-state index is 1.09. The van der Waals surface area contributed by atoms with E-state index in [1.54, 1.807) is 0 Å². The molecule has 0 heterocycles. The van der Waals surface area contributed by atoms with Crippen LogP contribution in [0.2, 0.25) is 0 Å². The second-order valence-corrected chi connectivity index (χ2v) is 4.41. The summed E-state index contributed by atoms with van der Waals surface area (Å²) in [4.78, 5) is 0. The number of unbranched alkanes of at least 4 members (excludes halogenated alkanes) is 6. The van der Waals surface area contributed by atoms with Gasteiger partial charge in [0.05, 0.1) is 6.26 Å². The quantitative estimate of drug-likeness (QED) is 0.381. The highest BCUT2D eigenvalue weighted by Crippen LogP contribution is 2.16. The zero-order chi connectivity index (χ0) is 11.4. The van der Waals surface area contributed by atoms with Crippen LogP contribution >= 0.6 is 0 Å². The van der Waals surface area contributed by atoms with Crippen molar-refractivity contribution in [2.24, 2.45) is 0 Å². The second-order valence-electron chi connectivity index (χ2n) is 4.41. The molecule has 0 spiro atoms. The molecule has 0 unspecified atom stereocenters. The van der Waals surface area contributed by atoms with Crippen LogP contribution in [0.3, 0.4) is 0 Å². The molecule has 0 aliphatic carbocycles. The van der Waals surface area contributed by atoms with Crippen LogP contribution in [0.25, 0.3) is 0 Å². The normalized spacial score (nSPS) is 12.0. The topological polar surface area (TPSA) is 20.2 Å². The Kier molecular flexibility index (Phi) is 11.3. The van der Waals surface area contributed by atoms with Gasteiger partial charge in [0.25, 0.3) is 0 Å². The largest absolute Gasteiger partial charge is 0.516 e. The molecule has 90 valence electrons. The van der Waals surface area contributed by atoms with Crippen molar-refractivity contribution in [2.45, 2.75) is 78.1 Å². The highest BCUT2D eigenvalue weighted by molar-refractivity contribution is 4.96. The van der Waals surface area contributed by atoms with E-state index in [0.29, 0.717) is 0 Å². The molecule has 0 aliphatic heterocycles. The number of allylic oxidation sites excluding steroid dienone is 1. The van der Waals surface area contributed by atoms with Crippen LogP contribution < -0.4 is 0 Å². The molecule has 0 aliphatic rings. The third-order valence-corrected chi connectivity index (χ3v) is 2.89. The van der Waals surface area contributed by atoms with Crippen LogP contribution in [0.15, 0.2) is 11.8 Å². The first-order chi connectivity index (χ1) is 7.35. The van der Waals surface area contributed by atoms with Crippen molar-refractivity contribution < 1.29 is 5.11 Å². The van der Waals surface area contributed by atoms with Gasteiger partial charge in [0.15, 0.2) is 0 Å². The Balaban J connectivity index is 3.31. The third kappa shape index (κ3) is 9.84. The number of aliphatic hydroxyl groups excluding tert-OH is 1. The molecular weight excluding hydrogens is 184 g/mol. The van der Waals surface area contributed by atoms with Gasteiger partial charge in [0, 0.05) is 0 Å². The van der Waals surface area contributed by atoms with Crippen LogP contribution in [0.4, 0.5) is 0 Å². The van der Waals surface area contributed by atoms with Crippen LogP contribution in [0, 0.1) is 0 Å². The second kappa shape index (κ2) is 11.6. The lowest BCUT2D eigenvalue weighted by Gasteiger charge is -2.05. The molecule has 1 nitrogen and oxygen atoms in total. The maximum absolute atomic E-state index is 9.03. The van der Waals surface area contributed by atoms with Gasteiger partial charge in [-0.05, 0) is 31.3 Å². The van der Waals surface area contributed by atoms with Gasteiger partial charge in [0.1, 0.15) is 0 Å². The summed E-state index contributed by atoms with van der Waals surface area (Å²) in [6, 6.07) is 0. The first kappa shape index (κ1) is 14.5. The van der Waals surface area contributed by atoms with Gasteiger partial charge >= 0.3 is 0 Å². The molecule has 0 amide bonds. The van der Waals surface area contributed by atoms with Crippen molar-refractivity contribution in [1.29, 1.82) is 0 Å². The molecule has 0 bridgehead atoms. The third-order valence-electron chi connectivity index (χ3n) is 2.89. The van der Waals surface area contributed by atoms with E-state index in [1.165, 1.54) is 63.2 Å². The summed E-state index contributed by atoms with van der Waals surface area (Å²) in [5.41, 5.74) is 1.24. The summed E-state index contributed by atoms with van der Waals surface area (Å²) in [5, 5.41) is 9.03. The highest BCUT2D eigenvalue weighted by atomic mass is 16.2. The molecule has 15 heavy (non-hydrogen) atoms. The maximum Gasteiger partial charge on any atom is 0.0783 e. The molecule has 1 N–H and O–H groups in total. The number of aliphatic hydroxyl groups is 1. The molecular formula is C14H28O. The molecule has 1 heteroatoms. The molecule has 0 fully saturated rings. The van der Waals surface area contributed by atoms with E-state index in [0.717, 1.165) is 12.8 Å². The van der Waals surface area contributed by atoms with E-state index in [-0.39, 0.29) is 0 Å². The first-order valence-electron chi connectivity index (χ1n) is 6.67. The molecule has 0 aromatic rings. The van der Waals surface area contributed by atoms with Crippen molar-refractivity contribution in [3.8, 4) is 0 Å². The summed E-state index contributed by atoms with van der Waals surface area (Å²) in [7, 11) is 0. The van der Waals surface area contributed by atoms with Crippen LogP contribution in [0.5, 0.6) is 0 Å². The summed E-state index contributed by atoms with van der Waals surface area (Å²) >= 11 is 0. The van der Waals surface area contributed by atoms with Gasteiger partial charge in [-0.3, -0.25) is 0 Å². The number of hydrogen-bond donors (Lipinski definition) is 1. The van der Waals surface area contributed by atoms with Crippen molar-refractivity contribution in [3.63, 3.8) is 0 Å². The Morgan fingerprint density at radius 1 is 0.800 bits per heavy atom. The van der Waals surface area contributed by atoms with Crippen LogP contribution in [-0.2, 0) is 0 Å². The van der Waals surface area contributed by atoms with E-state index in [9.17, 15) is 0 Å². The smallest absolute Gasteiger partial charge is 0.0783 e. The average molecular weight is 212 g/mol. The molecule has 0 atom stereocenters. The lowest BCUT2D eigenvalue weighted by atomic mass is 10.0. The van der Waals surface area contributed by atoms with E-state index in [1.807, 2.05) is 0 Å². The first-order valence-corrected chi connectivity index (χ1v) is 6.67. The fraction of sp³-hybridized carbons (Fsp3) is 0.857. The predicted molar refractivity (Wildman–Crippen MR) is 68.2 cm³/mol. The molecule has 0 aromatic carbocycles. The monoisotopic (exact) mass is 212 g/mol. The lowest BCUT2D eigenvalue weighted by Crippen LogP contribution is -1.86. The van der Waals surface area contributed by atoms with Crippen molar-refractivity contribution in [1.82, 2.24) is 0 Å². The number of hydrogen-bond acceptors (Lipinski definition) is 1. The van der Waals surface area contributed by atoms with Gasteiger partial charge in [-0.1, -0.05) is 52.4 Å². The van der Waals surface area contributed by atoms with Gasteiger partial charge < -0.3 is 5.11 Å². The van der Waals surface area contributed by atoms with Crippen molar-refractivity contribution in [3.05, 3.63) is 11.8 Å². The Labute approximate surface area is 95.6 Å². The van der Waals surface area contributed by atoms with Crippen LogP contribution in [-0.4, -0.2) is 5.11 Å². The molecule has 0 radical (unpaired) electrons. The van der Waals surface area contributed by atoms with E-state index in [4.69, 9.17) is 5.11 Å². The fourth-order valence-corrected chi connectivity index (χ4v) is 1.79. The Bertz CT molecular complexity index is 149. The van der Waals surface area contributed by atoms with Gasteiger partial charge in [0.2, 0.25) is 0 Å². The summed E-state index contributed by atoms with van der Waals surface area (Å²) in [5.74, 6) is 0. The maximum atomic E-state index is 9.03. The summed E-state index contributed by atoms with van der Waals surface area (Å²) in [6.45, 7) is 4.44. The number of rotatable bonds is 10. The SMILES string of the molecule is CCCCCCCCC(=CO)CCCC. The zero-order valence-corrected chi connectivity index (χ0v) is 10.6. The van der Waals surface area contributed by atoms with Crippen molar-refractivity contribution in [2.75, 3.05) is 0 Å². The van der Waals surface area contributed by atoms with Gasteiger partial charge in [-0.15, -0.1) is 0 Å². The minimum Gasteiger partial charge on any atom is -0.516 e. The Morgan fingerprint density at radius 2 is 1.33 bits per heavy atom. The van der Waals surface area contributed by atoms with Gasteiger partial charge in [-0.25, -0.2) is 0 Å². The minimum absolute atomic E-state index is 1.09. The summed E-state index contributed by atoms with van der Waals surface area (Å²) in [6.07, 6.45) is 14.0. The Hall–Kier alpha value is -0.460. The Morgan fingerprint density at radius 3 is 1.93 bits per heavy atom. The van der Waals surface area contributed by atoms with Crippen molar-refractivity contribution >= 4 is 0 Å². The fourth-order valence-electron chi connectivity index (χ4n) is 1.79. The molecule has 0 rings (SSSR count). The highest BCUT2D eigenvalue weighted by Gasteiger charge is 1.97. The lowest BCUT2D eigenvalue weighted by molar-refractivity contribution is 0.457. The van der Waals surface area contributed by atoms with E-state index in [2.05, 4.69) is 13.8 Å². The standard InChI is InChI=1S/C14H28O/c1-3-5-7-8-9-10-12-14(13-15)11-6-4-2/h13,15H,3-12H2,1-2H3. The molecule has 0 saturated carbocycles.